The van der Waals surface area contributed by atoms with Crippen LogP contribution < -0.4 is 11.1 Å². The highest BCUT2D eigenvalue weighted by Gasteiger charge is 2.70. The predicted octanol–water partition coefficient (Wildman–Crippen LogP) is 4.81. The molecule has 0 aromatic heterocycles. The minimum Gasteiger partial charge on any atom is -0.402 e. The molecule has 4 unspecified atom stereocenters. The van der Waals surface area contributed by atoms with Gasteiger partial charge in [0.25, 0.3) is 0 Å². The molecular formula is C21H39BN2. The van der Waals surface area contributed by atoms with Gasteiger partial charge in [0, 0.05) is 11.7 Å². The first-order chi connectivity index (χ1) is 11.2. The molecule has 0 heterocycles. The maximum absolute atomic E-state index is 6.47. The fourth-order valence-electron chi connectivity index (χ4n) is 5.24. The molecule has 0 aromatic carbocycles. The molecule has 2 radical (unpaired) electrons. The second-order valence-corrected chi connectivity index (χ2v) is 9.15. The summed E-state index contributed by atoms with van der Waals surface area (Å²) in [6, 6.07) is 0.600. The van der Waals surface area contributed by atoms with Gasteiger partial charge in [0.05, 0.1) is 7.85 Å². The fourth-order valence-corrected chi connectivity index (χ4v) is 5.24. The zero-order chi connectivity index (χ0) is 18.1. The van der Waals surface area contributed by atoms with E-state index in [0.717, 1.165) is 30.4 Å². The Kier molecular flexibility index (Phi) is 6.16. The molecule has 0 bridgehead atoms. The lowest BCUT2D eigenvalue weighted by atomic mass is 9.72. The molecule has 2 aliphatic rings. The minimum absolute atomic E-state index is 0.0307. The number of allylic oxidation sites excluding steroid dienone is 2. The molecule has 2 rings (SSSR count). The van der Waals surface area contributed by atoms with Gasteiger partial charge in [-0.2, -0.15) is 0 Å². The van der Waals surface area contributed by atoms with E-state index < -0.39 is 0 Å². The summed E-state index contributed by atoms with van der Waals surface area (Å²) in [6.45, 7) is 14.8. The Morgan fingerprint density at radius 3 is 2.54 bits per heavy atom. The van der Waals surface area contributed by atoms with Crippen LogP contribution in [-0.2, 0) is 0 Å². The van der Waals surface area contributed by atoms with Crippen LogP contribution in [0.5, 0.6) is 0 Å². The van der Waals surface area contributed by atoms with Crippen LogP contribution >= 0.6 is 0 Å². The third-order valence-electron chi connectivity index (χ3n) is 7.21. The molecule has 24 heavy (non-hydrogen) atoms. The van der Waals surface area contributed by atoms with E-state index in [0.29, 0.717) is 16.9 Å². The Labute approximate surface area is 151 Å². The van der Waals surface area contributed by atoms with E-state index in [1.165, 1.54) is 37.8 Å². The number of hydrogen-bond acceptors (Lipinski definition) is 2. The summed E-state index contributed by atoms with van der Waals surface area (Å²) >= 11 is 0. The molecule has 0 saturated heterocycles. The van der Waals surface area contributed by atoms with Gasteiger partial charge in [-0.25, -0.2) is 0 Å². The highest BCUT2D eigenvalue weighted by atomic mass is 14.9. The maximum Gasteiger partial charge on any atom is 0.0783 e. The zero-order valence-corrected chi connectivity index (χ0v) is 16.9. The summed E-state index contributed by atoms with van der Waals surface area (Å²) in [5.41, 5.74) is 9.42. The van der Waals surface area contributed by atoms with Crippen LogP contribution in [0.2, 0.25) is 5.82 Å². The first-order valence-electron chi connectivity index (χ1n) is 10.1. The topological polar surface area (TPSA) is 38.0 Å². The van der Waals surface area contributed by atoms with Crippen LogP contribution in [-0.4, -0.2) is 20.4 Å². The van der Waals surface area contributed by atoms with Crippen molar-refractivity contribution >= 4 is 7.85 Å². The summed E-state index contributed by atoms with van der Waals surface area (Å²) in [6.07, 6.45) is 7.47. The SMILES string of the molecule is [B]C(CC1(C)CC1(CC)C1C[C@H]1CCNC(C)C)/C(N)=C(\C)CC. The lowest BCUT2D eigenvalue weighted by Crippen LogP contribution is -2.24. The molecule has 0 aromatic rings. The third kappa shape index (κ3) is 3.87. The third-order valence-corrected chi connectivity index (χ3v) is 7.21. The smallest absolute Gasteiger partial charge is 0.0783 e. The van der Waals surface area contributed by atoms with Crippen LogP contribution in [0.1, 0.15) is 80.1 Å². The Hall–Kier alpha value is -0.435. The zero-order valence-electron chi connectivity index (χ0n) is 16.9. The second-order valence-electron chi connectivity index (χ2n) is 9.15. The standard InChI is InChI=1S/C21H39BN2/c1-7-15(5)19(23)18(22)12-20(6)13-21(20,8-2)17-11-16(17)9-10-24-14(3)4/h14,16-18,24H,7-13,23H2,1-6H3/b19-15-/t16-,17?,18?,20?,21?/m1/s1. The van der Waals surface area contributed by atoms with Crippen molar-refractivity contribution in [3.63, 3.8) is 0 Å². The number of rotatable bonds is 10. The largest absolute Gasteiger partial charge is 0.402 e. The van der Waals surface area contributed by atoms with Gasteiger partial charge in [0.2, 0.25) is 0 Å². The van der Waals surface area contributed by atoms with Crippen molar-refractivity contribution in [1.82, 2.24) is 5.32 Å². The van der Waals surface area contributed by atoms with E-state index in [2.05, 4.69) is 46.9 Å². The summed E-state index contributed by atoms with van der Waals surface area (Å²) in [5.74, 6) is 1.88. The van der Waals surface area contributed by atoms with Crippen molar-refractivity contribution in [3.05, 3.63) is 11.3 Å². The van der Waals surface area contributed by atoms with Crippen molar-refractivity contribution in [3.8, 4) is 0 Å². The molecule has 136 valence electrons. The predicted molar refractivity (Wildman–Crippen MR) is 106 cm³/mol. The summed E-state index contributed by atoms with van der Waals surface area (Å²) in [7, 11) is 6.47. The monoisotopic (exact) mass is 330 g/mol. The van der Waals surface area contributed by atoms with E-state index in [9.17, 15) is 0 Å². The van der Waals surface area contributed by atoms with Crippen LogP contribution in [0.15, 0.2) is 11.3 Å². The lowest BCUT2D eigenvalue weighted by Gasteiger charge is -2.26. The molecule has 2 saturated carbocycles. The first-order valence-corrected chi connectivity index (χ1v) is 10.1. The van der Waals surface area contributed by atoms with Gasteiger partial charge in [-0.3, -0.25) is 0 Å². The Bertz CT molecular complexity index is 472. The molecule has 2 fully saturated rings. The highest BCUT2D eigenvalue weighted by molar-refractivity contribution is 6.13. The normalized spacial score (nSPS) is 37.3. The van der Waals surface area contributed by atoms with Gasteiger partial charge in [0.1, 0.15) is 0 Å². The Morgan fingerprint density at radius 1 is 1.33 bits per heavy atom. The van der Waals surface area contributed by atoms with Crippen LogP contribution in [0.4, 0.5) is 0 Å². The van der Waals surface area contributed by atoms with Gasteiger partial charge >= 0.3 is 0 Å². The van der Waals surface area contributed by atoms with Crippen molar-refractivity contribution in [1.29, 1.82) is 0 Å². The molecule has 2 aliphatic carbocycles. The average Bonchev–Trinajstić information content (AvgIpc) is 3.41. The van der Waals surface area contributed by atoms with E-state index in [4.69, 9.17) is 13.6 Å². The molecule has 2 nitrogen and oxygen atoms in total. The fraction of sp³-hybridized carbons (Fsp3) is 0.905. The second kappa shape index (κ2) is 7.44. The number of nitrogens with one attached hydrogen (secondary N) is 1. The molecular weight excluding hydrogens is 291 g/mol. The average molecular weight is 330 g/mol. The Balaban J connectivity index is 1.92. The minimum atomic E-state index is 0.0307. The molecule has 0 aliphatic heterocycles. The first kappa shape index (κ1) is 19.9. The summed E-state index contributed by atoms with van der Waals surface area (Å²) in [4.78, 5) is 0. The highest BCUT2D eigenvalue weighted by Crippen LogP contribution is 2.78. The van der Waals surface area contributed by atoms with E-state index >= 15 is 0 Å². The van der Waals surface area contributed by atoms with Crippen molar-refractivity contribution in [2.24, 2.45) is 28.4 Å². The van der Waals surface area contributed by atoms with Gasteiger partial charge in [-0.05, 0) is 80.5 Å². The van der Waals surface area contributed by atoms with Gasteiger partial charge < -0.3 is 11.1 Å². The number of nitrogens with two attached hydrogens (primary N) is 1. The molecule has 0 spiro atoms. The van der Waals surface area contributed by atoms with E-state index in [1.807, 2.05) is 0 Å². The summed E-state index contributed by atoms with van der Waals surface area (Å²) < 4.78 is 0. The van der Waals surface area contributed by atoms with Crippen LogP contribution in [0, 0.1) is 22.7 Å². The van der Waals surface area contributed by atoms with Crippen molar-refractivity contribution in [2.45, 2.75) is 91.9 Å². The maximum atomic E-state index is 6.47. The van der Waals surface area contributed by atoms with Crippen LogP contribution in [0.3, 0.4) is 0 Å². The van der Waals surface area contributed by atoms with Crippen molar-refractivity contribution in [2.75, 3.05) is 6.54 Å². The molecule has 5 atom stereocenters. The lowest BCUT2D eigenvalue weighted by molar-refractivity contribution is 0.274. The van der Waals surface area contributed by atoms with Gasteiger partial charge in [-0.1, -0.05) is 40.2 Å². The van der Waals surface area contributed by atoms with Crippen LogP contribution in [0.25, 0.3) is 0 Å². The van der Waals surface area contributed by atoms with Gasteiger partial charge in [0.15, 0.2) is 0 Å². The van der Waals surface area contributed by atoms with Gasteiger partial charge in [-0.15, -0.1) is 0 Å². The summed E-state index contributed by atoms with van der Waals surface area (Å²) in [5, 5.41) is 3.57. The molecule has 3 N–H and O–H groups in total. The van der Waals surface area contributed by atoms with E-state index in [1.54, 1.807) is 0 Å². The number of hydrogen-bond donors (Lipinski definition) is 2. The Morgan fingerprint density at radius 2 is 2.00 bits per heavy atom. The molecule has 3 heteroatoms. The molecule has 0 amide bonds. The quantitative estimate of drug-likeness (QED) is 0.564. The van der Waals surface area contributed by atoms with E-state index in [-0.39, 0.29) is 5.82 Å². The van der Waals surface area contributed by atoms with Crippen molar-refractivity contribution < 1.29 is 0 Å².